The Kier molecular flexibility index (Phi) is 5.12. The van der Waals surface area contributed by atoms with Crippen LogP contribution in [0.25, 0.3) is 0 Å². The predicted molar refractivity (Wildman–Crippen MR) is 64.3 cm³/mol. The highest BCUT2D eigenvalue weighted by molar-refractivity contribution is 7.95. The quantitative estimate of drug-likeness (QED) is 0.716. The molecule has 0 bridgehead atoms. The number of hydrogen-bond donors (Lipinski definition) is 1. The smallest absolute Gasteiger partial charge is 0.0746 e. The highest BCUT2D eigenvalue weighted by atomic mass is 32.2. The lowest BCUT2D eigenvalue weighted by atomic mass is 9.96. The fourth-order valence-electron chi connectivity index (χ4n) is 1.45. The molecule has 0 heterocycles. The average Bonchev–Trinajstić information content (AvgIpc) is 1.78. The molecule has 86 valence electrons. The molecule has 14 heavy (non-hydrogen) atoms. The van der Waals surface area contributed by atoms with Gasteiger partial charge < -0.3 is 9.45 Å². The van der Waals surface area contributed by atoms with Crippen LogP contribution in [0.15, 0.2) is 0 Å². The fraction of sp³-hybridized carbons (Fsp3) is 0.900. The van der Waals surface area contributed by atoms with Crippen molar-refractivity contribution in [1.29, 1.82) is 0 Å². The maximum atomic E-state index is 10.9. The molecule has 1 atom stereocenters. The van der Waals surface area contributed by atoms with Gasteiger partial charge in [0.1, 0.15) is 0 Å². The Balaban J connectivity index is 3.71. The van der Waals surface area contributed by atoms with E-state index >= 15 is 0 Å². The van der Waals surface area contributed by atoms with E-state index in [1.165, 1.54) is 0 Å². The highest BCUT2D eigenvalue weighted by Crippen LogP contribution is 2.14. The van der Waals surface area contributed by atoms with Crippen molar-refractivity contribution in [2.75, 3.05) is 25.9 Å². The zero-order chi connectivity index (χ0) is 11.4. The SMILES string of the molecule is C=S(=O)(O)CCCN(C)CC(C)(C)C. The Morgan fingerprint density at radius 3 is 2.29 bits per heavy atom. The molecule has 1 unspecified atom stereocenters. The first-order valence-electron chi connectivity index (χ1n) is 4.86. The van der Waals surface area contributed by atoms with Crippen molar-refractivity contribution in [3.63, 3.8) is 0 Å². The summed E-state index contributed by atoms with van der Waals surface area (Å²) in [7, 11) is -0.755. The molecule has 0 fully saturated rings. The minimum Gasteiger partial charge on any atom is -0.314 e. The van der Waals surface area contributed by atoms with Crippen LogP contribution in [0.2, 0.25) is 0 Å². The minimum absolute atomic E-state index is 0.278. The van der Waals surface area contributed by atoms with Gasteiger partial charge in [-0.3, -0.25) is 0 Å². The second kappa shape index (κ2) is 5.14. The van der Waals surface area contributed by atoms with Crippen LogP contribution in [-0.2, 0) is 9.80 Å². The third kappa shape index (κ3) is 10.0. The normalized spacial score (nSPS) is 17.0. The summed E-state index contributed by atoms with van der Waals surface area (Å²) in [5.74, 6) is 3.50. The lowest BCUT2D eigenvalue weighted by molar-refractivity contribution is 0.227. The molecule has 0 aromatic rings. The summed E-state index contributed by atoms with van der Waals surface area (Å²) in [4.78, 5) is 2.19. The van der Waals surface area contributed by atoms with Gasteiger partial charge in [-0.15, -0.1) is 0 Å². The van der Waals surface area contributed by atoms with Crippen molar-refractivity contribution in [3.8, 4) is 0 Å². The fourth-order valence-corrected chi connectivity index (χ4v) is 2.03. The molecule has 0 radical (unpaired) electrons. The van der Waals surface area contributed by atoms with Gasteiger partial charge in [0.05, 0.1) is 9.80 Å². The Morgan fingerprint density at radius 1 is 1.43 bits per heavy atom. The third-order valence-corrected chi connectivity index (χ3v) is 2.67. The summed E-state index contributed by atoms with van der Waals surface area (Å²) in [6.07, 6.45) is 0.728. The van der Waals surface area contributed by atoms with E-state index in [0.29, 0.717) is 5.75 Å². The van der Waals surface area contributed by atoms with E-state index in [1.54, 1.807) is 0 Å². The molecule has 0 rings (SSSR count). The van der Waals surface area contributed by atoms with Gasteiger partial charge in [0, 0.05) is 12.3 Å². The first-order chi connectivity index (χ1) is 6.10. The van der Waals surface area contributed by atoms with Crippen molar-refractivity contribution < 1.29 is 8.76 Å². The van der Waals surface area contributed by atoms with E-state index in [1.807, 2.05) is 7.05 Å². The minimum atomic E-state index is -2.79. The Bertz CT molecular complexity index is 252. The van der Waals surface area contributed by atoms with Crippen LogP contribution in [0.4, 0.5) is 0 Å². The standard InChI is InChI=1S/C10H23NO2S/c1-10(2,3)9-11(4)7-6-8-14(5,12)13/h5-9H2,1-4H3,(H,12,13). The van der Waals surface area contributed by atoms with Crippen molar-refractivity contribution >= 4 is 15.7 Å². The average molecular weight is 221 g/mol. The van der Waals surface area contributed by atoms with E-state index in [-0.39, 0.29) is 5.41 Å². The van der Waals surface area contributed by atoms with Crippen LogP contribution in [0.5, 0.6) is 0 Å². The molecule has 0 aromatic carbocycles. The molecule has 0 saturated heterocycles. The van der Waals surface area contributed by atoms with Gasteiger partial charge in [-0.25, -0.2) is 4.21 Å². The first-order valence-corrected chi connectivity index (χ1v) is 6.71. The summed E-state index contributed by atoms with van der Waals surface area (Å²) in [6.45, 7) is 8.39. The van der Waals surface area contributed by atoms with E-state index in [4.69, 9.17) is 4.55 Å². The van der Waals surface area contributed by atoms with Gasteiger partial charge in [-0.1, -0.05) is 20.8 Å². The summed E-state index contributed by atoms with van der Waals surface area (Å²) in [5, 5.41) is 0. The molecule has 0 saturated carbocycles. The summed E-state index contributed by atoms with van der Waals surface area (Å²) in [5.41, 5.74) is 0.278. The molecule has 0 spiro atoms. The van der Waals surface area contributed by atoms with Gasteiger partial charge in [0.15, 0.2) is 0 Å². The molecule has 0 aliphatic rings. The van der Waals surface area contributed by atoms with Crippen LogP contribution in [0.1, 0.15) is 27.2 Å². The first kappa shape index (κ1) is 13.9. The monoisotopic (exact) mass is 221 g/mol. The Morgan fingerprint density at radius 2 is 1.93 bits per heavy atom. The van der Waals surface area contributed by atoms with Crippen LogP contribution >= 0.6 is 0 Å². The molecule has 0 aliphatic heterocycles. The maximum Gasteiger partial charge on any atom is 0.0746 e. The highest BCUT2D eigenvalue weighted by Gasteiger charge is 2.13. The lowest BCUT2D eigenvalue weighted by Gasteiger charge is -2.26. The van der Waals surface area contributed by atoms with E-state index in [2.05, 4.69) is 31.5 Å². The second-order valence-corrected chi connectivity index (χ2v) is 7.08. The number of hydrogen-bond acceptors (Lipinski definition) is 2. The molecule has 0 aromatic heterocycles. The van der Waals surface area contributed by atoms with Gasteiger partial charge in [-0.05, 0) is 31.3 Å². The molecular weight excluding hydrogens is 198 g/mol. The van der Waals surface area contributed by atoms with E-state index < -0.39 is 9.80 Å². The van der Waals surface area contributed by atoms with Crippen molar-refractivity contribution in [2.45, 2.75) is 27.2 Å². The zero-order valence-electron chi connectivity index (χ0n) is 9.75. The Hall–Kier alpha value is -0.0600. The number of nitrogens with zero attached hydrogens (tertiary/aromatic N) is 1. The molecule has 3 nitrogen and oxygen atoms in total. The van der Waals surface area contributed by atoms with Gasteiger partial charge in [0.2, 0.25) is 0 Å². The summed E-state index contributed by atoms with van der Waals surface area (Å²) < 4.78 is 19.8. The zero-order valence-corrected chi connectivity index (χ0v) is 10.6. The van der Waals surface area contributed by atoms with Crippen LogP contribution in [0, 0.1) is 5.41 Å². The summed E-state index contributed by atoms with van der Waals surface area (Å²) >= 11 is 0. The maximum absolute atomic E-state index is 10.9. The van der Waals surface area contributed by atoms with Crippen molar-refractivity contribution in [3.05, 3.63) is 0 Å². The van der Waals surface area contributed by atoms with Crippen molar-refractivity contribution in [2.24, 2.45) is 5.41 Å². The molecular formula is C10H23NO2S. The number of rotatable bonds is 5. The summed E-state index contributed by atoms with van der Waals surface area (Å²) in [6, 6.07) is 0. The van der Waals surface area contributed by atoms with E-state index in [9.17, 15) is 4.21 Å². The van der Waals surface area contributed by atoms with Crippen LogP contribution < -0.4 is 0 Å². The molecule has 1 N–H and O–H groups in total. The predicted octanol–water partition coefficient (Wildman–Crippen LogP) is 1.54. The van der Waals surface area contributed by atoms with Gasteiger partial charge in [0.25, 0.3) is 0 Å². The lowest BCUT2D eigenvalue weighted by Crippen LogP contribution is -2.30. The van der Waals surface area contributed by atoms with E-state index in [0.717, 1.165) is 19.5 Å². The topological polar surface area (TPSA) is 40.5 Å². The largest absolute Gasteiger partial charge is 0.314 e. The van der Waals surface area contributed by atoms with Crippen LogP contribution in [-0.4, -0.2) is 45.4 Å². The van der Waals surface area contributed by atoms with Gasteiger partial charge in [-0.2, -0.15) is 0 Å². The molecule has 0 aliphatic carbocycles. The van der Waals surface area contributed by atoms with Gasteiger partial charge >= 0.3 is 0 Å². The molecule has 4 heteroatoms. The second-order valence-electron chi connectivity index (χ2n) is 5.13. The van der Waals surface area contributed by atoms with Crippen molar-refractivity contribution in [1.82, 2.24) is 4.90 Å². The Labute approximate surface area is 88.3 Å². The van der Waals surface area contributed by atoms with Crippen LogP contribution in [0.3, 0.4) is 0 Å². The third-order valence-electron chi connectivity index (χ3n) is 1.75. The molecule has 0 amide bonds.